The number of hydrogen-bond acceptors (Lipinski definition) is 3. The summed E-state index contributed by atoms with van der Waals surface area (Å²) in [4.78, 5) is 23.6. The van der Waals surface area contributed by atoms with Gasteiger partial charge in [-0.3, -0.25) is 9.59 Å². The summed E-state index contributed by atoms with van der Waals surface area (Å²) in [5.74, 6) is -0.590. The molecule has 3 nitrogen and oxygen atoms in total. The molecule has 0 aromatic heterocycles. The highest BCUT2D eigenvalue weighted by atomic mass is 16.5. The van der Waals surface area contributed by atoms with Crippen molar-refractivity contribution in [3.05, 3.63) is 71.8 Å². The van der Waals surface area contributed by atoms with Gasteiger partial charge in [-0.2, -0.15) is 0 Å². The van der Waals surface area contributed by atoms with Gasteiger partial charge >= 0.3 is 5.97 Å². The summed E-state index contributed by atoms with van der Waals surface area (Å²) in [7, 11) is 0. The fourth-order valence-corrected chi connectivity index (χ4v) is 2.47. The molecule has 0 N–H and O–H groups in total. The molecule has 0 fully saturated rings. The average molecular weight is 296 g/mol. The fourth-order valence-electron chi connectivity index (χ4n) is 2.47. The Kier molecular flexibility index (Phi) is 5.90. The van der Waals surface area contributed by atoms with Gasteiger partial charge in [-0.15, -0.1) is 0 Å². The second-order valence-electron chi connectivity index (χ2n) is 5.10. The Bertz CT molecular complexity index is 566. The molecular weight excluding hydrogens is 276 g/mol. The molecule has 0 radical (unpaired) electrons. The molecule has 0 aliphatic heterocycles. The first kappa shape index (κ1) is 16.0. The van der Waals surface area contributed by atoms with Crippen molar-refractivity contribution >= 4 is 11.8 Å². The van der Waals surface area contributed by atoms with Gasteiger partial charge in [0.2, 0.25) is 0 Å². The predicted molar refractivity (Wildman–Crippen MR) is 85.6 cm³/mol. The van der Waals surface area contributed by atoms with Gasteiger partial charge in [-0.05, 0) is 18.1 Å². The second kappa shape index (κ2) is 8.13. The Hall–Kier alpha value is -2.42. The van der Waals surface area contributed by atoms with Crippen LogP contribution in [0.15, 0.2) is 60.7 Å². The highest BCUT2D eigenvalue weighted by molar-refractivity contribution is 5.96. The standard InChI is InChI=1S/C19H20O3/c1-2-22-19(21)14-17(20)13-18(15-9-5-3-6-10-15)16-11-7-4-8-12-16/h3-12,18H,2,13-14H2,1H3. The maximum absolute atomic E-state index is 12.2. The molecule has 0 amide bonds. The summed E-state index contributed by atoms with van der Waals surface area (Å²) in [5.41, 5.74) is 2.15. The van der Waals surface area contributed by atoms with E-state index in [-0.39, 0.29) is 18.1 Å². The molecule has 0 saturated heterocycles. The van der Waals surface area contributed by atoms with E-state index in [0.29, 0.717) is 13.0 Å². The number of carbonyl (C=O) groups is 2. The Morgan fingerprint density at radius 1 is 0.909 bits per heavy atom. The van der Waals surface area contributed by atoms with E-state index < -0.39 is 5.97 Å². The molecule has 0 spiro atoms. The molecule has 0 aliphatic carbocycles. The number of ketones is 1. The van der Waals surface area contributed by atoms with Gasteiger partial charge in [0, 0.05) is 12.3 Å². The van der Waals surface area contributed by atoms with E-state index in [2.05, 4.69) is 0 Å². The second-order valence-corrected chi connectivity index (χ2v) is 5.10. The van der Waals surface area contributed by atoms with Crippen LogP contribution >= 0.6 is 0 Å². The van der Waals surface area contributed by atoms with Crippen molar-refractivity contribution < 1.29 is 14.3 Å². The van der Waals surface area contributed by atoms with E-state index in [0.717, 1.165) is 11.1 Å². The summed E-state index contributed by atoms with van der Waals surface area (Å²) in [6, 6.07) is 19.8. The van der Waals surface area contributed by atoms with Crippen molar-refractivity contribution in [1.29, 1.82) is 0 Å². The number of carbonyl (C=O) groups excluding carboxylic acids is 2. The van der Waals surface area contributed by atoms with Crippen molar-refractivity contribution in [3.63, 3.8) is 0 Å². The van der Waals surface area contributed by atoms with Gasteiger partial charge in [0.25, 0.3) is 0 Å². The van der Waals surface area contributed by atoms with Crippen LogP contribution in [-0.4, -0.2) is 18.4 Å². The van der Waals surface area contributed by atoms with Crippen LogP contribution in [-0.2, 0) is 14.3 Å². The molecular formula is C19H20O3. The van der Waals surface area contributed by atoms with Crippen LogP contribution in [0.4, 0.5) is 0 Å². The highest BCUT2D eigenvalue weighted by Crippen LogP contribution is 2.28. The summed E-state index contributed by atoms with van der Waals surface area (Å²) in [6.45, 7) is 2.03. The minimum atomic E-state index is -0.452. The molecule has 0 heterocycles. The van der Waals surface area contributed by atoms with Gasteiger partial charge in [-0.25, -0.2) is 0 Å². The predicted octanol–water partition coefficient (Wildman–Crippen LogP) is 3.73. The smallest absolute Gasteiger partial charge is 0.313 e. The van der Waals surface area contributed by atoms with Crippen LogP contribution in [0.1, 0.15) is 36.8 Å². The molecule has 22 heavy (non-hydrogen) atoms. The largest absolute Gasteiger partial charge is 0.466 e. The third-order valence-electron chi connectivity index (χ3n) is 3.48. The van der Waals surface area contributed by atoms with Gasteiger partial charge < -0.3 is 4.74 Å². The van der Waals surface area contributed by atoms with Crippen LogP contribution in [0.25, 0.3) is 0 Å². The summed E-state index contributed by atoms with van der Waals surface area (Å²) in [6.07, 6.45) is 0.136. The average Bonchev–Trinajstić information content (AvgIpc) is 2.54. The Morgan fingerprint density at radius 2 is 1.41 bits per heavy atom. The first-order valence-electron chi connectivity index (χ1n) is 7.48. The van der Waals surface area contributed by atoms with Crippen molar-refractivity contribution in [2.45, 2.75) is 25.7 Å². The van der Waals surface area contributed by atoms with Crippen molar-refractivity contribution in [2.75, 3.05) is 6.61 Å². The van der Waals surface area contributed by atoms with Crippen LogP contribution in [0.3, 0.4) is 0 Å². The van der Waals surface area contributed by atoms with Crippen LogP contribution in [0, 0.1) is 0 Å². The zero-order valence-corrected chi connectivity index (χ0v) is 12.7. The molecule has 0 atom stereocenters. The number of esters is 1. The Balaban J connectivity index is 2.16. The number of Topliss-reactive ketones (excluding diaryl/α,β-unsaturated/α-hetero) is 1. The topological polar surface area (TPSA) is 43.4 Å². The van der Waals surface area contributed by atoms with Crippen LogP contribution in [0.5, 0.6) is 0 Å². The molecule has 0 aliphatic rings. The SMILES string of the molecule is CCOC(=O)CC(=O)CC(c1ccccc1)c1ccccc1. The van der Waals surface area contributed by atoms with Gasteiger partial charge in [0.05, 0.1) is 6.61 Å². The van der Waals surface area contributed by atoms with E-state index in [1.807, 2.05) is 60.7 Å². The first-order chi connectivity index (χ1) is 10.7. The van der Waals surface area contributed by atoms with E-state index in [1.165, 1.54) is 0 Å². The molecule has 2 rings (SSSR count). The lowest BCUT2D eigenvalue weighted by Gasteiger charge is -2.17. The number of hydrogen-bond donors (Lipinski definition) is 0. The normalized spacial score (nSPS) is 10.5. The third-order valence-corrected chi connectivity index (χ3v) is 3.48. The molecule has 0 unspecified atom stereocenters. The van der Waals surface area contributed by atoms with Crippen LogP contribution in [0.2, 0.25) is 0 Å². The lowest BCUT2D eigenvalue weighted by atomic mass is 9.86. The maximum Gasteiger partial charge on any atom is 0.313 e. The minimum Gasteiger partial charge on any atom is -0.466 e. The van der Waals surface area contributed by atoms with E-state index in [9.17, 15) is 9.59 Å². The lowest BCUT2D eigenvalue weighted by molar-refractivity contribution is -0.145. The monoisotopic (exact) mass is 296 g/mol. The van der Waals surface area contributed by atoms with Crippen molar-refractivity contribution in [2.24, 2.45) is 0 Å². The number of rotatable bonds is 7. The molecule has 0 saturated carbocycles. The third kappa shape index (κ3) is 4.55. The Morgan fingerprint density at radius 3 is 1.86 bits per heavy atom. The van der Waals surface area contributed by atoms with E-state index in [4.69, 9.17) is 4.74 Å². The number of benzene rings is 2. The Labute approximate surface area is 130 Å². The molecule has 0 bridgehead atoms. The van der Waals surface area contributed by atoms with E-state index in [1.54, 1.807) is 6.92 Å². The molecule has 2 aromatic carbocycles. The van der Waals surface area contributed by atoms with Crippen LogP contribution < -0.4 is 0 Å². The summed E-state index contributed by atoms with van der Waals surface area (Å²) in [5, 5.41) is 0. The lowest BCUT2D eigenvalue weighted by Crippen LogP contribution is -2.14. The highest BCUT2D eigenvalue weighted by Gasteiger charge is 2.20. The van der Waals surface area contributed by atoms with E-state index >= 15 is 0 Å². The maximum atomic E-state index is 12.2. The zero-order chi connectivity index (χ0) is 15.8. The van der Waals surface area contributed by atoms with Gasteiger partial charge in [-0.1, -0.05) is 60.7 Å². The zero-order valence-electron chi connectivity index (χ0n) is 12.7. The summed E-state index contributed by atoms with van der Waals surface area (Å²) < 4.78 is 4.85. The van der Waals surface area contributed by atoms with Crippen molar-refractivity contribution in [3.8, 4) is 0 Å². The molecule has 2 aromatic rings. The van der Waals surface area contributed by atoms with Crippen molar-refractivity contribution in [1.82, 2.24) is 0 Å². The van der Waals surface area contributed by atoms with Gasteiger partial charge in [0.1, 0.15) is 12.2 Å². The quantitative estimate of drug-likeness (QED) is 0.577. The summed E-state index contributed by atoms with van der Waals surface area (Å²) >= 11 is 0. The first-order valence-corrected chi connectivity index (χ1v) is 7.48. The fraction of sp³-hybridized carbons (Fsp3) is 0.263. The molecule has 3 heteroatoms. The number of ether oxygens (including phenoxy) is 1. The molecule has 114 valence electrons. The van der Waals surface area contributed by atoms with Gasteiger partial charge in [0.15, 0.2) is 0 Å². The minimum absolute atomic E-state index is 0.0377.